The van der Waals surface area contributed by atoms with E-state index in [0.717, 1.165) is 18.2 Å². The Morgan fingerprint density at radius 1 is 1.22 bits per heavy atom. The Morgan fingerprint density at radius 2 is 1.85 bits per heavy atom. The van der Waals surface area contributed by atoms with Gasteiger partial charge in [-0.25, -0.2) is 8.78 Å². The minimum absolute atomic E-state index is 0.000377. The number of likely N-dealkylation sites (tertiary alicyclic amines) is 1. The molecule has 2 amide bonds. The van der Waals surface area contributed by atoms with Crippen LogP contribution in [0.4, 0.5) is 14.5 Å². The summed E-state index contributed by atoms with van der Waals surface area (Å²) in [6, 6.07) is 2.90. The average molecular weight is 379 g/mol. The van der Waals surface area contributed by atoms with Gasteiger partial charge in [-0.1, -0.05) is 6.07 Å². The molecule has 10 heteroatoms. The van der Waals surface area contributed by atoms with E-state index in [0.29, 0.717) is 25.9 Å². The van der Waals surface area contributed by atoms with Gasteiger partial charge < -0.3 is 20.5 Å². The second kappa shape index (κ2) is 7.41. The van der Waals surface area contributed by atoms with Crippen LogP contribution in [0.1, 0.15) is 33.7 Å². The first-order valence-corrected chi connectivity index (χ1v) is 8.42. The molecule has 1 aliphatic rings. The van der Waals surface area contributed by atoms with E-state index in [1.807, 2.05) is 0 Å². The third-order valence-corrected chi connectivity index (χ3v) is 4.53. The molecular formula is C17H19F2N5O3. The Hall–Kier alpha value is -2.85. The van der Waals surface area contributed by atoms with Crippen LogP contribution in [-0.2, 0) is 0 Å². The maximum atomic E-state index is 13.7. The van der Waals surface area contributed by atoms with E-state index in [1.165, 1.54) is 6.20 Å². The number of hydrogen-bond acceptors (Lipinski definition) is 4. The Morgan fingerprint density at radius 3 is 2.48 bits per heavy atom. The minimum Gasteiger partial charge on any atom is -0.633 e. The summed E-state index contributed by atoms with van der Waals surface area (Å²) in [5, 5.41) is 23.2. The third kappa shape index (κ3) is 4.29. The van der Waals surface area contributed by atoms with Crippen LogP contribution in [0, 0.1) is 16.8 Å². The first kappa shape index (κ1) is 18.9. The first-order chi connectivity index (χ1) is 12.8. The summed E-state index contributed by atoms with van der Waals surface area (Å²) >= 11 is 0. The highest BCUT2D eigenvalue weighted by Crippen LogP contribution is 2.19. The molecule has 144 valence electrons. The van der Waals surface area contributed by atoms with Crippen molar-refractivity contribution in [2.24, 2.45) is 0 Å². The van der Waals surface area contributed by atoms with Crippen molar-refractivity contribution in [3.63, 3.8) is 0 Å². The minimum atomic E-state index is -1.03. The molecule has 0 saturated carbocycles. The van der Waals surface area contributed by atoms with Crippen LogP contribution in [-0.4, -0.2) is 52.8 Å². The Bertz CT molecular complexity index is 838. The molecule has 3 N–H and O–H groups in total. The lowest BCUT2D eigenvalue weighted by Gasteiger charge is -2.44. The second-order valence-corrected chi connectivity index (χ2v) is 6.69. The zero-order valence-corrected chi connectivity index (χ0v) is 14.6. The average Bonchev–Trinajstić information content (AvgIpc) is 3.05. The number of hydrogen-bond donors (Lipinski definition) is 3. The van der Waals surface area contributed by atoms with Crippen LogP contribution in [0.2, 0.25) is 0 Å². The third-order valence-electron chi connectivity index (χ3n) is 4.53. The molecule has 27 heavy (non-hydrogen) atoms. The van der Waals surface area contributed by atoms with Crippen LogP contribution < -0.4 is 10.6 Å². The van der Waals surface area contributed by atoms with E-state index in [9.17, 15) is 23.6 Å². The SMILES string of the molecule is C[N+]1([O-])CCC(NC(=O)c2n[nH]cc2NC(=O)c2c(F)cccc2F)CC1. The highest BCUT2D eigenvalue weighted by Gasteiger charge is 2.27. The van der Waals surface area contributed by atoms with E-state index in [1.54, 1.807) is 7.05 Å². The summed E-state index contributed by atoms with van der Waals surface area (Å²) in [5.74, 6) is -3.60. The lowest BCUT2D eigenvalue weighted by molar-refractivity contribution is -0.866. The van der Waals surface area contributed by atoms with Gasteiger partial charge >= 0.3 is 0 Å². The molecule has 8 nitrogen and oxygen atoms in total. The van der Waals surface area contributed by atoms with Crippen molar-refractivity contribution < 1.29 is 23.0 Å². The summed E-state index contributed by atoms with van der Waals surface area (Å²) in [6.07, 6.45) is 2.30. The number of nitrogens with one attached hydrogen (secondary N) is 3. The van der Waals surface area contributed by atoms with Crippen molar-refractivity contribution in [2.75, 3.05) is 25.5 Å². The molecule has 1 aromatic heterocycles. The van der Waals surface area contributed by atoms with Crippen LogP contribution in [0.5, 0.6) is 0 Å². The van der Waals surface area contributed by atoms with Gasteiger partial charge in [0.15, 0.2) is 5.69 Å². The standard InChI is InChI=1S/C17H19F2N5O3/c1-24(27)7-5-10(6-8-24)21-17(26)15-13(9-20-23-15)22-16(25)14-11(18)3-2-4-12(14)19/h2-4,9-10H,5-8H2,1H3,(H,20,23)(H,21,26)(H,22,25). The molecule has 0 unspecified atom stereocenters. The van der Waals surface area contributed by atoms with E-state index < -0.39 is 29.0 Å². The summed E-state index contributed by atoms with van der Waals surface area (Å²) in [4.78, 5) is 24.6. The van der Waals surface area contributed by atoms with Gasteiger partial charge in [0.1, 0.15) is 17.2 Å². The molecule has 1 aliphatic heterocycles. The van der Waals surface area contributed by atoms with Crippen LogP contribution in [0.3, 0.4) is 0 Å². The maximum absolute atomic E-state index is 13.7. The topological polar surface area (TPSA) is 110 Å². The predicted octanol–water partition coefficient (Wildman–Crippen LogP) is 1.78. The largest absolute Gasteiger partial charge is 0.633 e. The first-order valence-electron chi connectivity index (χ1n) is 8.42. The highest BCUT2D eigenvalue weighted by molar-refractivity contribution is 6.08. The van der Waals surface area contributed by atoms with E-state index in [2.05, 4.69) is 20.8 Å². The summed E-state index contributed by atoms with van der Waals surface area (Å²) in [6.45, 7) is 0.781. The molecular weight excluding hydrogens is 360 g/mol. The predicted molar refractivity (Wildman–Crippen MR) is 92.7 cm³/mol. The number of hydroxylamine groups is 3. The van der Waals surface area contributed by atoms with E-state index in [-0.39, 0.29) is 22.1 Å². The number of halogens is 2. The molecule has 0 aliphatic carbocycles. The van der Waals surface area contributed by atoms with Crippen molar-refractivity contribution in [3.8, 4) is 0 Å². The van der Waals surface area contributed by atoms with Crippen molar-refractivity contribution in [1.29, 1.82) is 0 Å². The Labute approximate surface area is 153 Å². The number of aromatic nitrogens is 2. The Kier molecular flexibility index (Phi) is 5.19. The van der Waals surface area contributed by atoms with Crippen molar-refractivity contribution in [3.05, 3.63) is 52.5 Å². The lowest BCUT2D eigenvalue weighted by atomic mass is 10.0. The molecule has 1 aromatic carbocycles. The molecule has 0 radical (unpaired) electrons. The fourth-order valence-electron chi connectivity index (χ4n) is 2.97. The number of carbonyl (C=O) groups is 2. The van der Waals surface area contributed by atoms with Gasteiger partial charge in [-0.3, -0.25) is 14.7 Å². The summed E-state index contributed by atoms with van der Waals surface area (Å²) in [5.41, 5.74) is -0.852. The second-order valence-electron chi connectivity index (χ2n) is 6.69. The van der Waals surface area contributed by atoms with Gasteiger partial charge in [0.05, 0.1) is 25.8 Å². The van der Waals surface area contributed by atoms with Gasteiger partial charge in [-0.2, -0.15) is 5.10 Å². The molecule has 2 heterocycles. The molecule has 3 rings (SSSR count). The van der Waals surface area contributed by atoms with Gasteiger partial charge in [-0.15, -0.1) is 0 Å². The zero-order chi connectivity index (χ0) is 19.6. The fraction of sp³-hybridized carbons (Fsp3) is 0.353. The summed E-state index contributed by atoms with van der Waals surface area (Å²) < 4.78 is 27.1. The van der Waals surface area contributed by atoms with Crippen molar-refractivity contribution in [1.82, 2.24) is 15.5 Å². The molecule has 2 aromatic rings. The van der Waals surface area contributed by atoms with Crippen LogP contribution >= 0.6 is 0 Å². The van der Waals surface area contributed by atoms with Gasteiger partial charge in [-0.05, 0) is 12.1 Å². The number of anilines is 1. The zero-order valence-electron chi connectivity index (χ0n) is 14.6. The molecule has 0 spiro atoms. The van der Waals surface area contributed by atoms with E-state index in [4.69, 9.17) is 0 Å². The summed E-state index contributed by atoms with van der Waals surface area (Å²) in [7, 11) is 1.58. The normalized spacial score (nSPS) is 22.3. The monoisotopic (exact) mass is 379 g/mol. The van der Waals surface area contributed by atoms with Crippen LogP contribution in [0.15, 0.2) is 24.4 Å². The van der Waals surface area contributed by atoms with Crippen LogP contribution in [0.25, 0.3) is 0 Å². The number of nitrogens with zero attached hydrogens (tertiary/aromatic N) is 2. The Balaban J connectivity index is 1.69. The maximum Gasteiger partial charge on any atom is 0.274 e. The van der Waals surface area contributed by atoms with Gasteiger partial charge in [0.25, 0.3) is 11.8 Å². The number of quaternary nitrogens is 1. The number of piperidine rings is 1. The molecule has 0 bridgehead atoms. The number of carbonyl (C=O) groups excluding carboxylic acids is 2. The van der Waals surface area contributed by atoms with E-state index >= 15 is 0 Å². The van der Waals surface area contributed by atoms with Crippen molar-refractivity contribution in [2.45, 2.75) is 18.9 Å². The smallest absolute Gasteiger partial charge is 0.274 e. The number of amides is 2. The highest BCUT2D eigenvalue weighted by atomic mass is 19.1. The van der Waals surface area contributed by atoms with Gasteiger partial charge in [0.2, 0.25) is 0 Å². The molecule has 1 fully saturated rings. The molecule has 1 saturated heterocycles. The van der Waals surface area contributed by atoms with Gasteiger partial charge in [0, 0.05) is 25.1 Å². The lowest BCUT2D eigenvalue weighted by Crippen LogP contribution is -2.50. The number of rotatable bonds is 4. The quantitative estimate of drug-likeness (QED) is 0.555. The van der Waals surface area contributed by atoms with Crippen molar-refractivity contribution >= 4 is 17.5 Å². The number of aromatic amines is 1. The number of benzene rings is 1. The number of H-pyrrole nitrogens is 1. The molecule has 0 atom stereocenters. The fourth-order valence-corrected chi connectivity index (χ4v) is 2.97.